The van der Waals surface area contributed by atoms with Crippen molar-refractivity contribution < 1.29 is 23.6 Å². The van der Waals surface area contributed by atoms with Gasteiger partial charge in [0.25, 0.3) is 0 Å². The summed E-state index contributed by atoms with van der Waals surface area (Å²) in [6.07, 6.45) is -1.29. The van der Waals surface area contributed by atoms with Crippen molar-refractivity contribution in [2.24, 2.45) is 0 Å². The molecule has 11 heavy (non-hydrogen) atoms. The number of rotatable bonds is 5. The first-order chi connectivity index (χ1) is 6.60. The fourth-order valence-corrected chi connectivity index (χ4v) is 0.768. The van der Waals surface area contributed by atoms with Crippen LogP contribution in [0.15, 0.2) is 0 Å². The summed E-state index contributed by atoms with van der Waals surface area (Å²) in [5.41, 5.74) is 0. The molecule has 66 valence electrons. The summed E-state index contributed by atoms with van der Waals surface area (Å²) in [7, 11) is 2.89. The first-order valence-electron chi connectivity index (χ1n) is 5.18. The molecular weight excluding hydrogens is 146 g/mol. The van der Waals surface area contributed by atoms with E-state index in [4.69, 9.17) is 10.7 Å². The standard InChI is InChI=1S/C7H15NO3/c1-8(2,3)5-6(9)4-7(10)11/h6,9H,4-5H2,1-3H3/p+1/t6-/m1/s1/i1D3,9D. The van der Waals surface area contributed by atoms with Crippen LogP contribution in [0.25, 0.3) is 0 Å². The van der Waals surface area contributed by atoms with E-state index in [1.54, 1.807) is 0 Å². The molecule has 0 heterocycles. The number of carboxylic acid groups (broad SMARTS) is 1. The Kier molecular flexibility index (Phi) is 1.71. The Hall–Kier alpha value is -0.610. The van der Waals surface area contributed by atoms with Gasteiger partial charge in [-0.1, -0.05) is 0 Å². The lowest BCUT2D eigenvalue weighted by Gasteiger charge is -2.25. The van der Waals surface area contributed by atoms with E-state index in [-0.39, 0.29) is 17.4 Å². The second-order valence-corrected chi connectivity index (χ2v) is 3.09. The minimum Gasteiger partial charge on any atom is -0.481 e. The maximum Gasteiger partial charge on any atom is 0.306 e. The molecule has 0 radical (unpaired) electrons. The number of carbonyl (C=O) groups is 1. The highest BCUT2D eigenvalue weighted by Gasteiger charge is 2.17. The highest BCUT2D eigenvalue weighted by Crippen LogP contribution is 1.98. The Morgan fingerprint density at radius 1 is 1.82 bits per heavy atom. The van der Waals surface area contributed by atoms with Gasteiger partial charge in [-0.2, -0.15) is 0 Å². The molecule has 0 aromatic carbocycles. The Labute approximate surface area is 72.4 Å². The van der Waals surface area contributed by atoms with Crippen molar-refractivity contribution in [1.29, 1.82) is 1.43 Å². The van der Waals surface area contributed by atoms with Crippen molar-refractivity contribution >= 4 is 5.97 Å². The minimum atomic E-state index is -2.25. The summed E-state index contributed by atoms with van der Waals surface area (Å²) in [5.74, 6) is -1.11. The summed E-state index contributed by atoms with van der Waals surface area (Å²) in [5, 5.41) is 12.7. The number of nitrogens with zero attached hydrogens (tertiary/aromatic N) is 1. The van der Waals surface area contributed by atoms with Crippen molar-refractivity contribution in [3.63, 3.8) is 0 Å². The van der Waals surface area contributed by atoms with Crippen molar-refractivity contribution in [3.05, 3.63) is 0 Å². The van der Waals surface area contributed by atoms with Gasteiger partial charge >= 0.3 is 5.97 Å². The highest BCUT2D eigenvalue weighted by atomic mass is 16.4. The molecule has 0 fully saturated rings. The van der Waals surface area contributed by atoms with Gasteiger partial charge in [-0.15, -0.1) is 0 Å². The molecule has 0 rings (SSSR count). The topological polar surface area (TPSA) is 57.5 Å². The molecule has 0 aromatic heterocycles. The third-order valence-electron chi connectivity index (χ3n) is 1.06. The van der Waals surface area contributed by atoms with E-state index >= 15 is 0 Å². The molecule has 0 amide bonds. The Balaban J connectivity index is 4.47. The largest absolute Gasteiger partial charge is 0.481 e. The molecule has 4 heteroatoms. The number of aliphatic hydroxyl groups excluding tert-OH is 1. The number of hydrogen-bond acceptors (Lipinski definition) is 2. The minimum absolute atomic E-state index is 0.0493. The van der Waals surface area contributed by atoms with Gasteiger partial charge in [-0.25, -0.2) is 0 Å². The molecule has 0 aliphatic rings. The maximum absolute atomic E-state index is 10.4. The van der Waals surface area contributed by atoms with E-state index < -0.39 is 19.0 Å². The first-order valence-corrected chi connectivity index (χ1v) is 3.27. The third-order valence-corrected chi connectivity index (χ3v) is 1.06. The molecule has 0 aromatic rings. The van der Waals surface area contributed by atoms with Crippen molar-refractivity contribution in [3.8, 4) is 0 Å². The SMILES string of the molecule is [2H]O[C@H](CC(=O)O)C[N+](C)(C)C([2H])([2H])[2H]. The van der Waals surface area contributed by atoms with Gasteiger partial charge in [-0.05, 0) is 0 Å². The van der Waals surface area contributed by atoms with Gasteiger partial charge in [-0.3, -0.25) is 4.79 Å². The van der Waals surface area contributed by atoms with Crippen LogP contribution in [-0.4, -0.2) is 55.8 Å². The van der Waals surface area contributed by atoms with Crippen LogP contribution in [0.5, 0.6) is 0 Å². The Morgan fingerprint density at radius 3 is 2.82 bits per heavy atom. The smallest absolute Gasteiger partial charge is 0.306 e. The summed E-state index contributed by atoms with van der Waals surface area (Å²) in [6, 6.07) is 0. The first kappa shape index (κ1) is 5.11. The van der Waals surface area contributed by atoms with Crippen LogP contribution in [-0.2, 0) is 4.79 Å². The molecule has 0 aliphatic carbocycles. The molecule has 0 spiro atoms. The molecule has 1 atom stereocenters. The fraction of sp³-hybridized carbons (Fsp3) is 0.857. The highest BCUT2D eigenvalue weighted by molar-refractivity contribution is 5.67. The molecular formula is C7H16NO3+. The van der Waals surface area contributed by atoms with Gasteiger partial charge in [0.1, 0.15) is 12.6 Å². The number of hydrogen-bond donors (Lipinski definition) is 2. The van der Waals surface area contributed by atoms with Crippen molar-refractivity contribution in [2.75, 3.05) is 27.6 Å². The number of aliphatic carboxylic acids is 1. The molecule has 0 bridgehead atoms. The second kappa shape index (κ2) is 3.69. The number of aliphatic hydroxyl groups is 1. The number of quaternary nitrogens is 1. The van der Waals surface area contributed by atoms with Gasteiger partial charge in [0.15, 0.2) is 0 Å². The third kappa shape index (κ3) is 7.29. The number of likely N-dealkylation sites (N-methyl/N-ethyl adjacent to an activating group) is 1. The summed E-state index contributed by atoms with van der Waals surface area (Å²) >= 11 is 0. The summed E-state index contributed by atoms with van der Waals surface area (Å²) in [4.78, 5) is 10.4. The molecule has 0 aliphatic heterocycles. The van der Waals surface area contributed by atoms with Gasteiger partial charge in [0, 0.05) is 0 Å². The van der Waals surface area contributed by atoms with Crippen LogP contribution in [0.3, 0.4) is 0 Å². The van der Waals surface area contributed by atoms with Crippen molar-refractivity contribution in [2.45, 2.75) is 12.5 Å². The van der Waals surface area contributed by atoms with E-state index in [9.17, 15) is 4.79 Å². The Bertz CT molecular complexity index is 229. The van der Waals surface area contributed by atoms with Crippen LogP contribution in [0.1, 0.15) is 10.5 Å². The van der Waals surface area contributed by atoms with E-state index in [0.29, 0.717) is 0 Å². The van der Waals surface area contributed by atoms with Gasteiger partial charge in [0.05, 0.1) is 31.6 Å². The van der Waals surface area contributed by atoms with Crippen LogP contribution in [0.4, 0.5) is 0 Å². The zero-order valence-corrected chi connectivity index (χ0v) is 6.70. The zero-order valence-electron chi connectivity index (χ0n) is 10.7. The monoisotopic (exact) mass is 166 g/mol. The predicted octanol–water partition coefficient (Wildman–Crippen LogP) is -0.472. The summed E-state index contributed by atoms with van der Waals surface area (Å²) < 4.78 is 28.0. The summed E-state index contributed by atoms with van der Waals surface area (Å²) in [6.45, 7) is -2.30. The molecule has 2 N–H and O–H groups in total. The fourth-order valence-electron chi connectivity index (χ4n) is 0.768. The van der Waals surface area contributed by atoms with E-state index in [1.165, 1.54) is 14.1 Å². The van der Waals surface area contributed by atoms with Crippen LogP contribution in [0.2, 0.25) is 0 Å². The van der Waals surface area contributed by atoms with E-state index in [0.717, 1.165) is 0 Å². The Morgan fingerprint density at radius 2 is 2.45 bits per heavy atom. The lowest BCUT2D eigenvalue weighted by atomic mass is 10.2. The molecule has 4 nitrogen and oxygen atoms in total. The second-order valence-electron chi connectivity index (χ2n) is 3.09. The zero-order chi connectivity index (χ0) is 12.3. The lowest BCUT2D eigenvalue weighted by molar-refractivity contribution is -0.873. The van der Waals surface area contributed by atoms with E-state index in [1.807, 2.05) is 0 Å². The number of carboxylic acids is 1. The lowest BCUT2D eigenvalue weighted by Crippen LogP contribution is -2.42. The maximum atomic E-state index is 10.4. The van der Waals surface area contributed by atoms with Gasteiger partial charge in [0.2, 0.25) is 1.43 Å². The van der Waals surface area contributed by atoms with Crippen LogP contribution in [0, 0.1) is 0 Å². The average Bonchev–Trinajstić information content (AvgIpc) is 1.99. The molecule has 0 unspecified atom stereocenters. The van der Waals surface area contributed by atoms with E-state index in [2.05, 4.69) is 5.11 Å². The predicted molar refractivity (Wildman–Crippen MR) is 41.2 cm³/mol. The van der Waals surface area contributed by atoms with Crippen LogP contribution < -0.4 is 0 Å². The normalized spacial score (nSPS) is 20.9. The quantitative estimate of drug-likeness (QED) is 0.543. The molecule has 0 saturated heterocycles. The van der Waals surface area contributed by atoms with Crippen molar-refractivity contribution in [1.82, 2.24) is 0 Å². The van der Waals surface area contributed by atoms with Crippen LogP contribution >= 0.6 is 0 Å². The average molecular weight is 166 g/mol. The molecule has 0 saturated carbocycles. The van der Waals surface area contributed by atoms with Gasteiger partial charge < -0.3 is 14.7 Å².